The molecule has 0 saturated heterocycles. The Kier molecular flexibility index (Phi) is 8.43. The molecule has 0 saturated carbocycles. The maximum absolute atomic E-state index is 4.46. The first-order valence-corrected chi connectivity index (χ1v) is 9.08. The van der Waals surface area contributed by atoms with Crippen molar-refractivity contribution >= 4 is 29.9 Å². The van der Waals surface area contributed by atoms with Gasteiger partial charge in [-0.3, -0.25) is 9.98 Å². The van der Waals surface area contributed by atoms with Gasteiger partial charge >= 0.3 is 0 Å². The van der Waals surface area contributed by atoms with Crippen molar-refractivity contribution in [3.63, 3.8) is 0 Å². The van der Waals surface area contributed by atoms with Crippen LogP contribution in [-0.4, -0.2) is 46.3 Å². The summed E-state index contributed by atoms with van der Waals surface area (Å²) in [5.74, 6) is 0.863. The van der Waals surface area contributed by atoms with Crippen LogP contribution < -0.4 is 5.32 Å². The molecule has 3 rings (SSSR count). The lowest BCUT2D eigenvalue weighted by molar-refractivity contribution is 0.477. The van der Waals surface area contributed by atoms with Gasteiger partial charge in [0, 0.05) is 50.8 Å². The van der Waals surface area contributed by atoms with Crippen LogP contribution in [0.5, 0.6) is 0 Å². The maximum Gasteiger partial charge on any atom is 0.193 e. The molecule has 0 bridgehead atoms. The van der Waals surface area contributed by atoms with Gasteiger partial charge in [-0.25, -0.2) is 4.68 Å². The lowest BCUT2D eigenvalue weighted by Crippen LogP contribution is -2.39. The van der Waals surface area contributed by atoms with Crippen LogP contribution in [0.3, 0.4) is 0 Å². The summed E-state index contributed by atoms with van der Waals surface area (Å²) >= 11 is 0. The van der Waals surface area contributed by atoms with Gasteiger partial charge < -0.3 is 10.2 Å². The van der Waals surface area contributed by atoms with Gasteiger partial charge in [-0.1, -0.05) is 24.3 Å². The zero-order valence-corrected chi connectivity index (χ0v) is 18.9. The Bertz CT molecular complexity index is 873. The molecule has 2 aromatic heterocycles. The molecule has 28 heavy (non-hydrogen) atoms. The average Bonchev–Trinajstić information content (AvgIpc) is 3.16. The molecule has 0 fully saturated rings. The standard InChI is InChI=1S/C21H26N6.HI/c1-17-9-10-18(13-24-17)11-12-23-21(22-2)26(3)15-19-14-25-27(16-19)20-7-5-4-6-8-20;/h4-10,13-14,16H,11-12,15H2,1-3H3,(H,22,23);1H. The Labute approximate surface area is 183 Å². The summed E-state index contributed by atoms with van der Waals surface area (Å²) in [6, 6.07) is 14.3. The predicted octanol–water partition coefficient (Wildman–Crippen LogP) is 3.44. The lowest BCUT2D eigenvalue weighted by Gasteiger charge is -2.21. The third-order valence-electron chi connectivity index (χ3n) is 4.32. The van der Waals surface area contributed by atoms with Crippen molar-refractivity contribution in [2.45, 2.75) is 19.9 Å². The molecular formula is C21H27IN6. The summed E-state index contributed by atoms with van der Waals surface area (Å²) in [4.78, 5) is 10.8. The second-order valence-electron chi connectivity index (χ2n) is 6.52. The minimum atomic E-state index is 0. The molecule has 0 spiro atoms. The number of nitrogens with zero attached hydrogens (tertiary/aromatic N) is 5. The molecule has 2 heterocycles. The zero-order chi connectivity index (χ0) is 19.1. The van der Waals surface area contributed by atoms with Gasteiger partial charge in [0.1, 0.15) is 0 Å². The number of guanidine groups is 1. The predicted molar refractivity (Wildman–Crippen MR) is 124 cm³/mol. The van der Waals surface area contributed by atoms with Crippen LogP contribution in [0.25, 0.3) is 5.69 Å². The van der Waals surface area contributed by atoms with E-state index in [-0.39, 0.29) is 24.0 Å². The number of pyridine rings is 1. The van der Waals surface area contributed by atoms with Crippen molar-refractivity contribution in [2.24, 2.45) is 4.99 Å². The summed E-state index contributed by atoms with van der Waals surface area (Å²) < 4.78 is 1.89. The molecule has 7 heteroatoms. The number of aliphatic imine (C=N–C) groups is 1. The number of aromatic nitrogens is 3. The van der Waals surface area contributed by atoms with Crippen LogP contribution in [0.15, 0.2) is 66.0 Å². The van der Waals surface area contributed by atoms with Gasteiger partial charge in [0.15, 0.2) is 5.96 Å². The van der Waals surface area contributed by atoms with Crippen LogP contribution in [-0.2, 0) is 13.0 Å². The molecular weight excluding hydrogens is 463 g/mol. The number of benzene rings is 1. The molecule has 3 aromatic rings. The number of hydrogen-bond donors (Lipinski definition) is 1. The van der Waals surface area contributed by atoms with Crippen LogP contribution in [0.2, 0.25) is 0 Å². The summed E-state index contributed by atoms with van der Waals surface area (Å²) in [5.41, 5.74) is 4.45. The molecule has 0 unspecified atom stereocenters. The lowest BCUT2D eigenvalue weighted by atomic mass is 10.2. The van der Waals surface area contributed by atoms with Gasteiger partial charge in [-0.05, 0) is 37.1 Å². The Morgan fingerprint density at radius 2 is 1.89 bits per heavy atom. The molecule has 0 aliphatic heterocycles. The SMILES string of the molecule is CN=C(NCCc1ccc(C)nc1)N(C)Cc1cnn(-c2ccccc2)c1.I. The number of halogens is 1. The zero-order valence-electron chi connectivity index (χ0n) is 16.5. The normalized spacial score (nSPS) is 11.0. The molecule has 0 aliphatic rings. The Morgan fingerprint density at radius 1 is 1.11 bits per heavy atom. The van der Waals surface area contributed by atoms with Crippen molar-refractivity contribution in [1.29, 1.82) is 0 Å². The number of para-hydroxylation sites is 1. The van der Waals surface area contributed by atoms with Gasteiger partial charge in [-0.2, -0.15) is 5.10 Å². The van der Waals surface area contributed by atoms with Crippen molar-refractivity contribution in [3.05, 3.63) is 77.9 Å². The third kappa shape index (κ3) is 6.05. The van der Waals surface area contributed by atoms with Crippen molar-refractivity contribution in [1.82, 2.24) is 25.0 Å². The summed E-state index contributed by atoms with van der Waals surface area (Å²) in [6.45, 7) is 3.54. The highest BCUT2D eigenvalue weighted by Gasteiger charge is 2.08. The number of hydrogen-bond acceptors (Lipinski definition) is 3. The molecule has 148 valence electrons. The smallest absolute Gasteiger partial charge is 0.193 e. The van der Waals surface area contributed by atoms with Crippen LogP contribution in [0.1, 0.15) is 16.8 Å². The number of nitrogens with one attached hydrogen (secondary N) is 1. The van der Waals surface area contributed by atoms with Crippen LogP contribution in [0.4, 0.5) is 0 Å². The van der Waals surface area contributed by atoms with E-state index in [1.165, 1.54) is 5.56 Å². The highest BCUT2D eigenvalue weighted by molar-refractivity contribution is 14.0. The fraction of sp³-hybridized carbons (Fsp3) is 0.286. The van der Waals surface area contributed by atoms with E-state index in [9.17, 15) is 0 Å². The second-order valence-corrected chi connectivity index (χ2v) is 6.52. The quantitative estimate of drug-likeness (QED) is 0.327. The van der Waals surface area contributed by atoms with Crippen LogP contribution in [0, 0.1) is 6.92 Å². The highest BCUT2D eigenvalue weighted by Crippen LogP contribution is 2.09. The van der Waals surface area contributed by atoms with Gasteiger partial charge in [-0.15, -0.1) is 24.0 Å². The summed E-state index contributed by atoms with van der Waals surface area (Å²) in [7, 11) is 3.84. The molecule has 0 radical (unpaired) electrons. The number of rotatable bonds is 6. The van der Waals surface area contributed by atoms with E-state index in [1.54, 1.807) is 7.05 Å². The highest BCUT2D eigenvalue weighted by atomic mass is 127. The van der Waals surface area contributed by atoms with Gasteiger partial charge in [0.05, 0.1) is 11.9 Å². The van der Waals surface area contributed by atoms with Gasteiger partial charge in [0.2, 0.25) is 0 Å². The molecule has 0 amide bonds. The molecule has 6 nitrogen and oxygen atoms in total. The monoisotopic (exact) mass is 490 g/mol. The van der Waals surface area contributed by atoms with Crippen LogP contribution >= 0.6 is 24.0 Å². The van der Waals surface area contributed by atoms with E-state index in [1.807, 2.05) is 67.4 Å². The molecule has 0 atom stereocenters. The van der Waals surface area contributed by atoms with Crippen molar-refractivity contribution < 1.29 is 0 Å². The fourth-order valence-electron chi connectivity index (χ4n) is 2.86. The van der Waals surface area contributed by atoms with E-state index in [0.29, 0.717) is 0 Å². The van der Waals surface area contributed by atoms with E-state index in [2.05, 4.69) is 37.6 Å². The van der Waals surface area contributed by atoms with Gasteiger partial charge in [0.25, 0.3) is 0 Å². The summed E-state index contributed by atoms with van der Waals surface area (Å²) in [6.07, 6.45) is 6.79. The van der Waals surface area contributed by atoms with E-state index in [4.69, 9.17) is 0 Å². The average molecular weight is 490 g/mol. The molecule has 1 N–H and O–H groups in total. The summed E-state index contributed by atoms with van der Waals surface area (Å²) in [5, 5.41) is 7.87. The van der Waals surface area contributed by atoms with E-state index >= 15 is 0 Å². The van der Waals surface area contributed by atoms with E-state index < -0.39 is 0 Å². The Hall–Kier alpha value is -2.42. The maximum atomic E-state index is 4.46. The minimum Gasteiger partial charge on any atom is -0.356 e. The van der Waals surface area contributed by atoms with E-state index in [0.717, 1.165) is 42.4 Å². The third-order valence-corrected chi connectivity index (χ3v) is 4.32. The van der Waals surface area contributed by atoms with Crippen molar-refractivity contribution in [2.75, 3.05) is 20.6 Å². The number of aryl methyl sites for hydroxylation is 1. The largest absolute Gasteiger partial charge is 0.356 e. The Balaban J connectivity index is 0.00000280. The first-order chi connectivity index (χ1) is 13.2. The van der Waals surface area contributed by atoms with Crippen molar-refractivity contribution in [3.8, 4) is 5.69 Å². The topological polar surface area (TPSA) is 58.3 Å². The molecule has 0 aliphatic carbocycles. The fourth-order valence-corrected chi connectivity index (χ4v) is 2.86. The second kappa shape index (κ2) is 10.8. The molecule has 1 aromatic carbocycles. The first-order valence-electron chi connectivity index (χ1n) is 9.08. The first kappa shape index (κ1) is 21.9. The minimum absolute atomic E-state index is 0. The Morgan fingerprint density at radius 3 is 2.57 bits per heavy atom.